The number of fused-ring (bicyclic) bond motifs is 1. The van der Waals surface area contributed by atoms with Crippen LogP contribution in [0.4, 0.5) is 0 Å². The molecular formula is C24H30N2O2. The highest BCUT2D eigenvalue weighted by Crippen LogP contribution is 2.26. The van der Waals surface area contributed by atoms with Crippen molar-refractivity contribution in [1.82, 2.24) is 10.2 Å². The fourth-order valence-corrected chi connectivity index (χ4v) is 4.76. The van der Waals surface area contributed by atoms with Crippen molar-refractivity contribution in [3.8, 4) is 0 Å². The van der Waals surface area contributed by atoms with E-state index in [4.69, 9.17) is 0 Å². The molecule has 0 bridgehead atoms. The van der Waals surface area contributed by atoms with E-state index in [1.165, 1.54) is 19.3 Å². The van der Waals surface area contributed by atoms with Gasteiger partial charge in [0.05, 0.1) is 0 Å². The quantitative estimate of drug-likeness (QED) is 0.861. The smallest absolute Gasteiger partial charge is 0.254 e. The summed E-state index contributed by atoms with van der Waals surface area (Å²) < 4.78 is 0. The van der Waals surface area contributed by atoms with Gasteiger partial charge in [0.1, 0.15) is 0 Å². The van der Waals surface area contributed by atoms with Gasteiger partial charge in [-0.15, -0.1) is 0 Å². The molecule has 1 saturated carbocycles. The third-order valence-electron chi connectivity index (χ3n) is 6.61. The number of nitrogens with one attached hydrogen (secondary N) is 1. The zero-order valence-electron chi connectivity index (χ0n) is 16.7. The highest BCUT2D eigenvalue weighted by molar-refractivity contribution is 6.07. The Bertz CT molecular complexity index is 849. The Morgan fingerprint density at radius 1 is 0.929 bits per heavy atom. The summed E-state index contributed by atoms with van der Waals surface area (Å²) in [7, 11) is 0. The Labute approximate surface area is 167 Å². The van der Waals surface area contributed by atoms with Gasteiger partial charge in [-0.25, -0.2) is 0 Å². The molecule has 2 aromatic carbocycles. The molecule has 2 unspecified atom stereocenters. The lowest BCUT2D eigenvalue weighted by atomic mass is 9.85. The Balaban J connectivity index is 1.37. The fourth-order valence-electron chi connectivity index (χ4n) is 4.76. The molecule has 4 nitrogen and oxygen atoms in total. The molecule has 1 saturated heterocycles. The molecule has 0 radical (unpaired) electrons. The summed E-state index contributed by atoms with van der Waals surface area (Å²) in [6.45, 7) is 3.55. The molecule has 1 aliphatic carbocycles. The van der Waals surface area contributed by atoms with Gasteiger partial charge < -0.3 is 10.2 Å². The molecule has 2 fully saturated rings. The lowest BCUT2D eigenvalue weighted by Crippen LogP contribution is -2.47. The van der Waals surface area contributed by atoms with Gasteiger partial charge in [0.2, 0.25) is 5.91 Å². The van der Waals surface area contributed by atoms with Crippen molar-refractivity contribution in [3.05, 3.63) is 48.0 Å². The van der Waals surface area contributed by atoms with Crippen LogP contribution in [0.25, 0.3) is 10.8 Å². The van der Waals surface area contributed by atoms with Crippen LogP contribution < -0.4 is 5.32 Å². The summed E-state index contributed by atoms with van der Waals surface area (Å²) in [5, 5.41) is 5.38. The van der Waals surface area contributed by atoms with Crippen LogP contribution in [0.3, 0.4) is 0 Å². The normalized spacial score (nSPS) is 23.5. The Morgan fingerprint density at radius 2 is 1.64 bits per heavy atom. The number of carbonyl (C=O) groups is 2. The van der Waals surface area contributed by atoms with Crippen molar-refractivity contribution in [1.29, 1.82) is 0 Å². The van der Waals surface area contributed by atoms with Crippen molar-refractivity contribution in [2.24, 2.45) is 11.8 Å². The first-order valence-electron chi connectivity index (χ1n) is 10.7. The van der Waals surface area contributed by atoms with Gasteiger partial charge in [0.15, 0.2) is 0 Å². The number of nitrogens with zero attached hydrogens (tertiary/aromatic N) is 1. The molecular weight excluding hydrogens is 348 g/mol. The number of likely N-dealkylation sites (tertiary alicyclic amines) is 1. The van der Waals surface area contributed by atoms with Gasteiger partial charge >= 0.3 is 0 Å². The van der Waals surface area contributed by atoms with Crippen LogP contribution in [0.15, 0.2) is 42.5 Å². The number of rotatable bonds is 3. The Hall–Kier alpha value is -2.36. The molecule has 2 aliphatic rings. The van der Waals surface area contributed by atoms with Crippen LogP contribution in [0.1, 0.15) is 55.8 Å². The van der Waals surface area contributed by atoms with E-state index in [-0.39, 0.29) is 17.7 Å². The molecule has 2 atom stereocenters. The summed E-state index contributed by atoms with van der Waals surface area (Å²) in [5.74, 6) is 0.879. The second-order valence-corrected chi connectivity index (χ2v) is 8.47. The van der Waals surface area contributed by atoms with Crippen molar-refractivity contribution in [3.63, 3.8) is 0 Å². The van der Waals surface area contributed by atoms with Crippen LogP contribution in [0.2, 0.25) is 0 Å². The zero-order chi connectivity index (χ0) is 19.5. The average Bonchev–Trinajstić information content (AvgIpc) is 2.74. The minimum absolute atomic E-state index is 0.0331. The maximum atomic E-state index is 13.1. The number of amides is 2. The molecule has 4 heteroatoms. The van der Waals surface area contributed by atoms with E-state index in [1.54, 1.807) is 0 Å². The van der Waals surface area contributed by atoms with Gasteiger partial charge in [-0.2, -0.15) is 0 Å². The number of carbonyl (C=O) groups excluding carboxylic acids is 2. The van der Waals surface area contributed by atoms with Gasteiger partial charge in [-0.05, 0) is 48.4 Å². The molecule has 1 heterocycles. The monoisotopic (exact) mass is 378 g/mol. The topological polar surface area (TPSA) is 49.4 Å². The molecule has 0 aromatic heterocycles. The number of benzene rings is 2. The van der Waals surface area contributed by atoms with Crippen LogP contribution in [-0.4, -0.2) is 35.8 Å². The largest absolute Gasteiger partial charge is 0.353 e. The van der Waals surface area contributed by atoms with Gasteiger partial charge in [-0.3, -0.25) is 9.59 Å². The number of hydrogen-bond donors (Lipinski definition) is 1. The number of hydrogen-bond acceptors (Lipinski definition) is 2. The summed E-state index contributed by atoms with van der Waals surface area (Å²) in [5.41, 5.74) is 0.761. The maximum absolute atomic E-state index is 13.1. The standard InChI is InChI=1S/C24H30N2O2/c1-17-7-2-5-12-22(17)25-23(27)19-13-15-26(16-14-19)24(28)21-11-6-9-18-8-3-4-10-20(18)21/h3-4,6,8-11,17,19,22H,2,5,7,12-16H2,1H3,(H,25,27). The van der Waals surface area contributed by atoms with E-state index in [9.17, 15) is 9.59 Å². The minimum atomic E-state index is 0.0331. The molecule has 28 heavy (non-hydrogen) atoms. The third kappa shape index (κ3) is 3.91. The first kappa shape index (κ1) is 19.0. The van der Waals surface area contributed by atoms with Crippen LogP contribution >= 0.6 is 0 Å². The highest BCUT2D eigenvalue weighted by Gasteiger charge is 2.31. The predicted molar refractivity (Wildman–Crippen MR) is 112 cm³/mol. The molecule has 148 valence electrons. The second-order valence-electron chi connectivity index (χ2n) is 8.47. The lowest BCUT2D eigenvalue weighted by molar-refractivity contribution is -0.127. The first-order chi connectivity index (χ1) is 13.6. The minimum Gasteiger partial charge on any atom is -0.353 e. The molecule has 1 N–H and O–H groups in total. The first-order valence-corrected chi connectivity index (χ1v) is 10.7. The van der Waals surface area contributed by atoms with Crippen molar-refractivity contribution in [2.45, 2.75) is 51.5 Å². The summed E-state index contributed by atoms with van der Waals surface area (Å²) in [6.07, 6.45) is 6.32. The van der Waals surface area contributed by atoms with E-state index < -0.39 is 0 Å². The van der Waals surface area contributed by atoms with Crippen LogP contribution in [-0.2, 0) is 4.79 Å². The van der Waals surface area contributed by atoms with Crippen LogP contribution in [0.5, 0.6) is 0 Å². The van der Waals surface area contributed by atoms with Crippen molar-refractivity contribution in [2.75, 3.05) is 13.1 Å². The van der Waals surface area contributed by atoms with Crippen molar-refractivity contribution >= 4 is 22.6 Å². The molecule has 1 aliphatic heterocycles. The van der Waals surface area contributed by atoms with E-state index in [0.717, 1.165) is 35.6 Å². The van der Waals surface area contributed by atoms with Gasteiger partial charge in [-0.1, -0.05) is 56.2 Å². The van der Waals surface area contributed by atoms with Gasteiger partial charge in [0.25, 0.3) is 5.91 Å². The average molecular weight is 379 g/mol. The molecule has 4 rings (SSSR count). The van der Waals surface area contributed by atoms with E-state index in [1.807, 2.05) is 47.4 Å². The summed E-state index contributed by atoms with van der Waals surface area (Å²) >= 11 is 0. The highest BCUT2D eigenvalue weighted by atomic mass is 16.2. The summed E-state index contributed by atoms with van der Waals surface area (Å²) in [4.78, 5) is 27.7. The molecule has 2 aromatic rings. The van der Waals surface area contributed by atoms with E-state index in [0.29, 0.717) is 25.0 Å². The second kappa shape index (κ2) is 8.34. The van der Waals surface area contributed by atoms with E-state index >= 15 is 0 Å². The molecule has 2 amide bonds. The Morgan fingerprint density at radius 3 is 2.43 bits per heavy atom. The van der Waals surface area contributed by atoms with Crippen LogP contribution in [0, 0.1) is 11.8 Å². The predicted octanol–water partition coefficient (Wildman–Crippen LogP) is 4.39. The zero-order valence-corrected chi connectivity index (χ0v) is 16.7. The maximum Gasteiger partial charge on any atom is 0.254 e. The molecule has 0 spiro atoms. The van der Waals surface area contributed by atoms with Gasteiger partial charge in [0, 0.05) is 30.6 Å². The van der Waals surface area contributed by atoms with E-state index in [2.05, 4.69) is 12.2 Å². The SMILES string of the molecule is CC1CCCCC1NC(=O)C1CCN(C(=O)c2cccc3ccccc23)CC1. The lowest BCUT2D eigenvalue weighted by Gasteiger charge is -2.34. The number of piperidine rings is 1. The third-order valence-corrected chi connectivity index (χ3v) is 6.61. The van der Waals surface area contributed by atoms with Crippen molar-refractivity contribution < 1.29 is 9.59 Å². The summed E-state index contributed by atoms with van der Waals surface area (Å²) in [6, 6.07) is 14.2. The fraction of sp³-hybridized carbons (Fsp3) is 0.500. The Kier molecular flexibility index (Phi) is 5.65.